The average molecular weight is 276 g/mol. The van der Waals surface area contributed by atoms with E-state index in [1.54, 1.807) is 12.1 Å². The Labute approximate surface area is 121 Å². The summed E-state index contributed by atoms with van der Waals surface area (Å²) in [6.07, 6.45) is 2.07. The molecule has 0 aliphatic carbocycles. The number of nitrogens with zero attached hydrogens (tertiary/aromatic N) is 2. The standard InChI is InChI=1S/C16H24N2O2/c1-14(7-8-18-11-9-17(2)10-12-18)20-16-5-3-15(13-19)4-6-16/h3-6,13-14H,7-12H2,1-2H3. The maximum Gasteiger partial charge on any atom is 0.150 e. The quantitative estimate of drug-likeness (QED) is 0.743. The Hall–Kier alpha value is -1.39. The molecule has 20 heavy (non-hydrogen) atoms. The zero-order valence-corrected chi connectivity index (χ0v) is 12.4. The van der Waals surface area contributed by atoms with Crippen molar-refractivity contribution in [3.8, 4) is 5.75 Å². The van der Waals surface area contributed by atoms with Crippen molar-refractivity contribution in [2.75, 3.05) is 39.8 Å². The fourth-order valence-corrected chi connectivity index (χ4v) is 2.35. The van der Waals surface area contributed by atoms with Crippen molar-refractivity contribution in [3.05, 3.63) is 29.8 Å². The topological polar surface area (TPSA) is 32.8 Å². The minimum Gasteiger partial charge on any atom is -0.491 e. The first-order valence-electron chi connectivity index (χ1n) is 7.30. The molecule has 2 rings (SSSR count). The number of hydrogen-bond acceptors (Lipinski definition) is 4. The second-order valence-electron chi connectivity index (χ2n) is 5.55. The molecule has 0 aromatic heterocycles. The van der Waals surface area contributed by atoms with Crippen molar-refractivity contribution < 1.29 is 9.53 Å². The largest absolute Gasteiger partial charge is 0.491 e. The molecular weight excluding hydrogens is 252 g/mol. The summed E-state index contributed by atoms with van der Waals surface area (Å²) >= 11 is 0. The van der Waals surface area contributed by atoms with Gasteiger partial charge in [0.15, 0.2) is 0 Å². The highest BCUT2D eigenvalue weighted by Crippen LogP contribution is 2.14. The van der Waals surface area contributed by atoms with Gasteiger partial charge in [-0.05, 0) is 44.7 Å². The van der Waals surface area contributed by atoms with Crippen LogP contribution in [0.1, 0.15) is 23.7 Å². The van der Waals surface area contributed by atoms with E-state index in [-0.39, 0.29) is 6.10 Å². The molecule has 1 aromatic carbocycles. The highest BCUT2D eigenvalue weighted by Gasteiger charge is 2.14. The minimum atomic E-state index is 0.191. The molecule has 0 amide bonds. The lowest BCUT2D eigenvalue weighted by Gasteiger charge is -2.32. The van der Waals surface area contributed by atoms with Gasteiger partial charge in [-0.1, -0.05) is 0 Å². The smallest absolute Gasteiger partial charge is 0.150 e. The third-order valence-corrected chi connectivity index (χ3v) is 3.80. The molecule has 1 atom stereocenters. The van der Waals surface area contributed by atoms with Crippen LogP contribution in [0.25, 0.3) is 0 Å². The highest BCUT2D eigenvalue weighted by atomic mass is 16.5. The Morgan fingerprint density at radius 2 is 1.85 bits per heavy atom. The number of ether oxygens (including phenoxy) is 1. The van der Waals surface area contributed by atoms with Crippen LogP contribution in [-0.4, -0.2) is 62.0 Å². The second-order valence-corrected chi connectivity index (χ2v) is 5.55. The van der Waals surface area contributed by atoms with E-state index in [9.17, 15) is 4.79 Å². The van der Waals surface area contributed by atoms with Gasteiger partial charge in [0.1, 0.15) is 12.0 Å². The molecule has 0 radical (unpaired) electrons. The van der Waals surface area contributed by atoms with Crippen molar-refractivity contribution in [2.45, 2.75) is 19.4 Å². The van der Waals surface area contributed by atoms with Crippen LogP contribution >= 0.6 is 0 Å². The first-order valence-corrected chi connectivity index (χ1v) is 7.30. The maximum atomic E-state index is 10.6. The molecule has 0 saturated carbocycles. The van der Waals surface area contributed by atoms with Gasteiger partial charge < -0.3 is 14.5 Å². The second kappa shape index (κ2) is 7.41. The van der Waals surface area contributed by atoms with Crippen LogP contribution in [-0.2, 0) is 0 Å². The normalized spacial score (nSPS) is 18.7. The van der Waals surface area contributed by atoms with E-state index < -0.39 is 0 Å². The van der Waals surface area contributed by atoms with Gasteiger partial charge in [-0.3, -0.25) is 4.79 Å². The molecule has 0 bridgehead atoms. The molecular formula is C16H24N2O2. The van der Waals surface area contributed by atoms with Crippen LogP contribution in [0.3, 0.4) is 0 Å². The average Bonchev–Trinajstić information content (AvgIpc) is 2.47. The summed E-state index contributed by atoms with van der Waals surface area (Å²) in [7, 11) is 2.17. The van der Waals surface area contributed by atoms with Crippen molar-refractivity contribution in [2.24, 2.45) is 0 Å². The van der Waals surface area contributed by atoms with Gasteiger partial charge in [0.2, 0.25) is 0 Å². The number of piperazine rings is 1. The van der Waals surface area contributed by atoms with E-state index in [1.165, 1.54) is 0 Å². The van der Waals surface area contributed by atoms with E-state index >= 15 is 0 Å². The van der Waals surface area contributed by atoms with Gasteiger partial charge in [0.05, 0.1) is 6.10 Å². The molecule has 0 N–H and O–H groups in total. The summed E-state index contributed by atoms with van der Waals surface area (Å²) in [6.45, 7) is 7.80. The van der Waals surface area contributed by atoms with Gasteiger partial charge in [0.25, 0.3) is 0 Å². The summed E-state index contributed by atoms with van der Waals surface area (Å²) < 4.78 is 5.87. The Morgan fingerprint density at radius 1 is 1.20 bits per heavy atom. The molecule has 1 saturated heterocycles. The predicted octanol–water partition coefficient (Wildman–Crippen LogP) is 1.90. The summed E-state index contributed by atoms with van der Waals surface area (Å²) in [5.41, 5.74) is 0.683. The van der Waals surface area contributed by atoms with Gasteiger partial charge in [-0.15, -0.1) is 0 Å². The molecule has 4 nitrogen and oxygen atoms in total. The third kappa shape index (κ3) is 4.62. The number of likely N-dealkylation sites (N-methyl/N-ethyl adjacent to an activating group) is 1. The molecule has 1 unspecified atom stereocenters. The van der Waals surface area contributed by atoms with Crippen LogP contribution in [0.2, 0.25) is 0 Å². The fraction of sp³-hybridized carbons (Fsp3) is 0.562. The molecule has 1 aliphatic rings. The van der Waals surface area contributed by atoms with Gasteiger partial charge >= 0.3 is 0 Å². The number of hydrogen-bond donors (Lipinski definition) is 0. The lowest BCUT2D eigenvalue weighted by Crippen LogP contribution is -2.45. The Morgan fingerprint density at radius 3 is 2.45 bits per heavy atom. The first kappa shape index (κ1) is 15.0. The van der Waals surface area contributed by atoms with E-state index in [0.717, 1.165) is 51.2 Å². The summed E-state index contributed by atoms with van der Waals surface area (Å²) in [5.74, 6) is 0.835. The van der Waals surface area contributed by atoms with E-state index in [2.05, 4.69) is 23.8 Å². The van der Waals surface area contributed by atoms with Gasteiger partial charge in [-0.2, -0.15) is 0 Å². The lowest BCUT2D eigenvalue weighted by molar-refractivity contribution is 0.112. The molecule has 110 valence electrons. The van der Waals surface area contributed by atoms with Crippen LogP contribution in [0, 0.1) is 0 Å². The SMILES string of the molecule is CC(CCN1CCN(C)CC1)Oc1ccc(C=O)cc1. The summed E-state index contributed by atoms with van der Waals surface area (Å²) in [4.78, 5) is 15.5. The molecule has 0 spiro atoms. The van der Waals surface area contributed by atoms with E-state index in [1.807, 2.05) is 12.1 Å². The molecule has 1 heterocycles. The molecule has 1 aliphatic heterocycles. The zero-order valence-electron chi connectivity index (χ0n) is 12.4. The van der Waals surface area contributed by atoms with Gasteiger partial charge in [0, 0.05) is 38.3 Å². The maximum absolute atomic E-state index is 10.6. The Bertz CT molecular complexity index is 411. The van der Waals surface area contributed by atoms with Crippen LogP contribution < -0.4 is 4.74 Å². The van der Waals surface area contributed by atoms with Crippen LogP contribution in [0.5, 0.6) is 5.75 Å². The van der Waals surface area contributed by atoms with E-state index in [4.69, 9.17) is 4.74 Å². The Kier molecular flexibility index (Phi) is 5.56. The fourth-order valence-electron chi connectivity index (χ4n) is 2.35. The molecule has 1 aromatic rings. The monoisotopic (exact) mass is 276 g/mol. The van der Waals surface area contributed by atoms with Crippen molar-refractivity contribution in [3.63, 3.8) is 0 Å². The Balaban J connectivity index is 1.71. The van der Waals surface area contributed by atoms with Crippen LogP contribution in [0.15, 0.2) is 24.3 Å². The molecule has 4 heteroatoms. The summed E-state index contributed by atoms with van der Waals surface area (Å²) in [6, 6.07) is 7.29. The van der Waals surface area contributed by atoms with Crippen LogP contribution in [0.4, 0.5) is 0 Å². The van der Waals surface area contributed by atoms with Crippen molar-refractivity contribution >= 4 is 6.29 Å². The number of rotatable bonds is 6. The first-order chi connectivity index (χ1) is 9.67. The zero-order chi connectivity index (χ0) is 14.4. The number of benzene rings is 1. The highest BCUT2D eigenvalue weighted by molar-refractivity contribution is 5.74. The van der Waals surface area contributed by atoms with Crippen molar-refractivity contribution in [1.29, 1.82) is 0 Å². The minimum absolute atomic E-state index is 0.191. The number of carbonyl (C=O) groups is 1. The number of aldehydes is 1. The van der Waals surface area contributed by atoms with Crippen molar-refractivity contribution in [1.82, 2.24) is 9.80 Å². The van der Waals surface area contributed by atoms with E-state index in [0.29, 0.717) is 5.56 Å². The third-order valence-electron chi connectivity index (χ3n) is 3.80. The number of carbonyl (C=O) groups excluding carboxylic acids is 1. The summed E-state index contributed by atoms with van der Waals surface area (Å²) in [5, 5.41) is 0. The predicted molar refractivity (Wildman–Crippen MR) is 80.5 cm³/mol. The van der Waals surface area contributed by atoms with Gasteiger partial charge in [-0.25, -0.2) is 0 Å². The molecule has 1 fully saturated rings. The lowest BCUT2D eigenvalue weighted by atomic mass is 10.2.